The predicted molar refractivity (Wildman–Crippen MR) is 71.5 cm³/mol. The Morgan fingerprint density at radius 2 is 2.39 bits per heavy atom. The van der Waals surface area contributed by atoms with Crippen molar-refractivity contribution >= 4 is 0 Å². The van der Waals surface area contributed by atoms with Gasteiger partial charge in [-0.05, 0) is 51.2 Å². The van der Waals surface area contributed by atoms with Crippen molar-refractivity contribution in [2.75, 3.05) is 6.61 Å². The number of fused-ring (bicyclic) bond motifs is 2. The summed E-state index contributed by atoms with van der Waals surface area (Å²) in [5.74, 6) is 0. The van der Waals surface area contributed by atoms with Crippen LogP contribution in [0.15, 0.2) is 18.3 Å². The minimum absolute atomic E-state index is 0.115. The second-order valence-corrected chi connectivity index (χ2v) is 5.67. The highest BCUT2D eigenvalue weighted by Gasteiger charge is 2.46. The number of pyridine rings is 1. The van der Waals surface area contributed by atoms with Crippen molar-refractivity contribution in [1.82, 2.24) is 10.3 Å². The van der Waals surface area contributed by atoms with Gasteiger partial charge in [0.15, 0.2) is 0 Å². The van der Waals surface area contributed by atoms with Crippen molar-refractivity contribution in [1.29, 1.82) is 0 Å². The summed E-state index contributed by atoms with van der Waals surface area (Å²) in [6.07, 6.45) is 7.17. The van der Waals surface area contributed by atoms with Gasteiger partial charge in [0.2, 0.25) is 0 Å². The summed E-state index contributed by atoms with van der Waals surface area (Å²) >= 11 is 0. The van der Waals surface area contributed by atoms with E-state index in [4.69, 9.17) is 4.74 Å². The third kappa shape index (κ3) is 2.06. The molecule has 3 rings (SSSR count). The van der Waals surface area contributed by atoms with Crippen LogP contribution in [0.25, 0.3) is 0 Å². The minimum Gasteiger partial charge on any atom is -0.378 e. The molecule has 2 bridgehead atoms. The van der Waals surface area contributed by atoms with E-state index < -0.39 is 0 Å². The first kappa shape index (κ1) is 12.1. The molecule has 3 heterocycles. The van der Waals surface area contributed by atoms with Gasteiger partial charge < -0.3 is 10.1 Å². The Labute approximate surface area is 109 Å². The van der Waals surface area contributed by atoms with E-state index in [2.05, 4.69) is 29.4 Å². The van der Waals surface area contributed by atoms with E-state index in [9.17, 15) is 0 Å². The summed E-state index contributed by atoms with van der Waals surface area (Å²) in [5, 5.41) is 3.81. The molecule has 2 saturated heterocycles. The van der Waals surface area contributed by atoms with E-state index in [0.29, 0.717) is 12.1 Å². The fourth-order valence-electron chi connectivity index (χ4n) is 3.54. The quantitative estimate of drug-likeness (QED) is 0.890. The number of piperidine rings is 1. The van der Waals surface area contributed by atoms with Gasteiger partial charge >= 0.3 is 0 Å². The van der Waals surface area contributed by atoms with Crippen molar-refractivity contribution in [3.05, 3.63) is 29.6 Å². The van der Waals surface area contributed by atoms with Crippen LogP contribution in [0.5, 0.6) is 0 Å². The molecule has 0 amide bonds. The number of nitrogens with zero attached hydrogens (tertiary/aromatic N) is 1. The monoisotopic (exact) mass is 246 g/mol. The van der Waals surface area contributed by atoms with Crippen molar-refractivity contribution in [2.45, 2.75) is 57.2 Å². The maximum Gasteiger partial charge on any atom is 0.0610 e. The molecule has 0 spiro atoms. The normalized spacial score (nSPS) is 34.8. The number of rotatable bonds is 3. The van der Waals surface area contributed by atoms with Crippen LogP contribution in [-0.4, -0.2) is 23.7 Å². The van der Waals surface area contributed by atoms with Gasteiger partial charge in [-0.15, -0.1) is 0 Å². The molecule has 3 atom stereocenters. The molecule has 3 heteroatoms. The van der Waals surface area contributed by atoms with E-state index in [-0.39, 0.29) is 5.54 Å². The van der Waals surface area contributed by atoms with Crippen LogP contribution in [0.2, 0.25) is 0 Å². The summed E-state index contributed by atoms with van der Waals surface area (Å²) in [6, 6.07) is 4.96. The van der Waals surface area contributed by atoms with Gasteiger partial charge in [0.05, 0.1) is 6.10 Å². The Morgan fingerprint density at radius 3 is 3.11 bits per heavy atom. The predicted octanol–water partition coefficient (Wildman–Crippen LogP) is 2.54. The minimum atomic E-state index is 0.115. The van der Waals surface area contributed by atoms with Crippen molar-refractivity contribution in [3.8, 4) is 0 Å². The largest absolute Gasteiger partial charge is 0.378 e. The molecule has 2 aliphatic rings. The Bertz CT molecular complexity index is 417. The topological polar surface area (TPSA) is 34.1 Å². The average molecular weight is 246 g/mol. The van der Waals surface area contributed by atoms with Crippen LogP contribution < -0.4 is 5.32 Å². The second-order valence-electron chi connectivity index (χ2n) is 5.67. The zero-order valence-electron chi connectivity index (χ0n) is 11.3. The fraction of sp³-hybridized carbons (Fsp3) is 0.667. The highest BCUT2D eigenvalue weighted by molar-refractivity contribution is 5.26. The number of aromatic nitrogens is 1. The lowest BCUT2D eigenvalue weighted by Gasteiger charge is -2.39. The molecule has 0 aliphatic carbocycles. The standard InChI is InChI=1S/C15H22N2O/c1-3-18-14-8-13-6-7-15(9-14,17-13)12-5-4-11(2)16-10-12/h4-5,10,13-14,17H,3,6-9H2,1-2H3. The zero-order chi connectivity index (χ0) is 12.6. The SMILES string of the molecule is CCOC1CC2CCC(c3ccc(C)nc3)(C1)N2. The van der Waals surface area contributed by atoms with Gasteiger partial charge in [0.25, 0.3) is 0 Å². The molecular weight excluding hydrogens is 224 g/mol. The highest BCUT2D eigenvalue weighted by atomic mass is 16.5. The molecule has 0 saturated carbocycles. The van der Waals surface area contributed by atoms with Gasteiger partial charge in [-0.3, -0.25) is 4.98 Å². The van der Waals surface area contributed by atoms with Gasteiger partial charge in [-0.2, -0.15) is 0 Å². The number of ether oxygens (including phenoxy) is 1. The van der Waals surface area contributed by atoms with Crippen LogP contribution in [0.1, 0.15) is 43.9 Å². The van der Waals surface area contributed by atoms with Crippen LogP contribution in [0.3, 0.4) is 0 Å². The first-order valence-corrected chi connectivity index (χ1v) is 7.04. The molecule has 1 N–H and O–H groups in total. The van der Waals surface area contributed by atoms with Gasteiger partial charge in [0, 0.05) is 30.1 Å². The highest BCUT2D eigenvalue weighted by Crippen LogP contribution is 2.43. The fourth-order valence-corrected chi connectivity index (χ4v) is 3.54. The van der Waals surface area contributed by atoms with E-state index in [1.165, 1.54) is 18.4 Å². The molecule has 98 valence electrons. The number of hydrogen-bond acceptors (Lipinski definition) is 3. The number of aryl methyl sites for hydroxylation is 1. The van der Waals surface area contributed by atoms with Crippen LogP contribution >= 0.6 is 0 Å². The number of nitrogens with one attached hydrogen (secondary N) is 1. The maximum atomic E-state index is 5.87. The molecule has 18 heavy (non-hydrogen) atoms. The lowest BCUT2D eigenvalue weighted by atomic mass is 9.83. The number of hydrogen-bond donors (Lipinski definition) is 1. The summed E-state index contributed by atoms with van der Waals surface area (Å²) < 4.78 is 5.87. The Hall–Kier alpha value is -0.930. The Balaban J connectivity index is 1.86. The third-order valence-corrected chi connectivity index (χ3v) is 4.39. The summed E-state index contributed by atoms with van der Waals surface area (Å²) in [7, 11) is 0. The summed E-state index contributed by atoms with van der Waals surface area (Å²) in [4.78, 5) is 4.46. The van der Waals surface area contributed by atoms with E-state index in [1.807, 2.05) is 13.1 Å². The molecule has 2 fully saturated rings. The molecule has 0 radical (unpaired) electrons. The van der Waals surface area contributed by atoms with Gasteiger partial charge in [0.1, 0.15) is 0 Å². The van der Waals surface area contributed by atoms with Crippen molar-refractivity contribution in [3.63, 3.8) is 0 Å². The van der Waals surface area contributed by atoms with E-state index in [0.717, 1.165) is 25.1 Å². The molecule has 3 nitrogen and oxygen atoms in total. The molecule has 1 aromatic rings. The summed E-state index contributed by atoms with van der Waals surface area (Å²) in [5.41, 5.74) is 2.53. The van der Waals surface area contributed by atoms with Crippen LogP contribution in [0, 0.1) is 6.92 Å². The summed E-state index contributed by atoms with van der Waals surface area (Å²) in [6.45, 7) is 4.94. The van der Waals surface area contributed by atoms with Crippen LogP contribution in [-0.2, 0) is 10.3 Å². The average Bonchev–Trinajstić information content (AvgIpc) is 2.67. The first-order chi connectivity index (χ1) is 8.72. The Kier molecular flexibility index (Phi) is 3.12. The maximum absolute atomic E-state index is 5.87. The second kappa shape index (κ2) is 4.63. The molecule has 1 aromatic heterocycles. The third-order valence-electron chi connectivity index (χ3n) is 4.39. The molecule has 0 aromatic carbocycles. The zero-order valence-corrected chi connectivity index (χ0v) is 11.3. The van der Waals surface area contributed by atoms with E-state index in [1.54, 1.807) is 0 Å². The Morgan fingerprint density at radius 1 is 1.50 bits per heavy atom. The van der Waals surface area contributed by atoms with E-state index >= 15 is 0 Å². The van der Waals surface area contributed by atoms with Gasteiger partial charge in [-0.1, -0.05) is 6.07 Å². The lowest BCUT2D eigenvalue weighted by Crippen LogP contribution is -2.49. The van der Waals surface area contributed by atoms with Gasteiger partial charge in [-0.25, -0.2) is 0 Å². The molecule has 3 unspecified atom stereocenters. The lowest BCUT2D eigenvalue weighted by molar-refractivity contribution is 0.00866. The van der Waals surface area contributed by atoms with Crippen LogP contribution in [0.4, 0.5) is 0 Å². The molecule has 2 aliphatic heterocycles. The van der Waals surface area contributed by atoms with Crippen molar-refractivity contribution in [2.24, 2.45) is 0 Å². The molecular formula is C15H22N2O. The smallest absolute Gasteiger partial charge is 0.0610 e. The van der Waals surface area contributed by atoms with Crippen molar-refractivity contribution < 1.29 is 4.74 Å². The first-order valence-electron chi connectivity index (χ1n) is 7.04.